The van der Waals surface area contributed by atoms with E-state index in [1.807, 2.05) is 0 Å². The van der Waals surface area contributed by atoms with E-state index in [0.717, 1.165) is 5.01 Å². The van der Waals surface area contributed by atoms with Crippen molar-refractivity contribution >= 4 is 17.5 Å². The van der Waals surface area contributed by atoms with Gasteiger partial charge in [-0.1, -0.05) is 0 Å². The van der Waals surface area contributed by atoms with E-state index in [-0.39, 0.29) is 12.5 Å². The summed E-state index contributed by atoms with van der Waals surface area (Å²) in [5, 5.41) is 5.00. The second-order valence-electron chi connectivity index (χ2n) is 3.24. The summed E-state index contributed by atoms with van der Waals surface area (Å²) in [7, 11) is 3.05. The van der Waals surface area contributed by atoms with Crippen molar-refractivity contribution < 1.29 is 19.2 Å². The lowest BCUT2D eigenvalue weighted by Crippen LogP contribution is -2.38. The van der Waals surface area contributed by atoms with E-state index >= 15 is 0 Å². The lowest BCUT2D eigenvalue weighted by molar-refractivity contribution is -0.131. The predicted octanol–water partition coefficient (Wildman–Crippen LogP) is -0.711. The minimum absolute atomic E-state index is 0.100. The number of hydrogen-bond acceptors (Lipinski definition) is 5. The molecule has 1 aliphatic rings. The Morgan fingerprint density at radius 3 is 2.88 bits per heavy atom. The molecule has 0 unspecified atom stereocenters. The van der Waals surface area contributed by atoms with E-state index in [9.17, 15) is 9.59 Å². The molecule has 1 aliphatic heterocycles. The molecule has 1 N–H and O–H groups in total. The van der Waals surface area contributed by atoms with Gasteiger partial charge in [0.05, 0.1) is 13.2 Å². The molecule has 0 saturated carbocycles. The van der Waals surface area contributed by atoms with E-state index in [1.165, 1.54) is 14.2 Å². The number of amides is 2. The standard InChI is InChI=1S/C9H15N3O4/c1-12-8(13)4-3-7(10-12)9(14)11-16-6-5-15-2/h3-6H2,1-2H3,(H,11,14). The molecule has 7 heteroatoms. The first-order valence-corrected chi connectivity index (χ1v) is 4.90. The zero-order chi connectivity index (χ0) is 12.0. The Balaban J connectivity index is 2.37. The van der Waals surface area contributed by atoms with Crippen molar-refractivity contribution in [2.24, 2.45) is 5.10 Å². The van der Waals surface area contributed by atoms with Crippen LogP contribution in [0.3, 0.4) is 0 Å². The molecule has 0 atom stereocenters. The Morgan fingerprint density at radius 2 is 2.25 bits per heavy atom. The van der Waals surface area contributed by atoms with Crippen LogP contribution in [-0.2, 0) is 19.2 Å². The van der Waals surface area contributed by atoms with Crippen LogP contribution in [0.25, 0.3) is 0 Å². The van der Waals surface area contributed by atoms with Gasteiger partial charge < -0.3 is 4.74 Å². The summed E-state index contributed by atoms with van der Waals surface area (Å²) in [5.74, 6) is -0.521. The van der Waals surface area contributed by atoms with Gasteiger partial charge in [0.15, 0.2) is 0 Å². The molecule has 0 spiro atoms. The number of carbonyl (C=O) groups excluding carboxylic acids is 2. The second-order valence-corrected chi connectivity index (χ2v) is 3.24. The van der Waals surface area contributed by atoms with Crippen LogP contribution in [-0.4, -0.2) is 49.9 Å². The number of hydroxylamine groups is 1. The molecule has 0 aliphatic carbocycles. The molecule has 0 aromatic heterocycles. The predicted molar refractivity (Wildman–Crippen MR) is 55.4 cm³/mol. The fourth-order valence-electron chi connectivity index (χ4n) is 1.13. The molecule has 1 heterocycles. The maximum absolute atomic E-state index is 11.5. The maximum atomic E-state index is 11.5. The van der Waals surface area contributed by atoms with Crippen LogP contribution >= 0.6 is 0 Å². The van der Waals surface area contributed by atoms with Crippen LogP contribution in [0.5, 0.6) is 0 Å². The van der Waals surface area contributed by atoms with E-state index < -0.39 is 5.91 Å². The average Bonchev–Trinajstić information content (AvgIpc) is 2.28. The first-order valence-electron chi connectivity index (χ1n) is 4.90. The van der Waals surface area contributed by atoms with Crippen molar-refractivity contribution in [2.45, 2.75) is 12.8 Å². The highest BCUT2D eigenvalue weighted by Gasteiger charge is 2.21. The van der Waals surface area contributed by atoms with E-state index in [4.69, 9.17) is 9.57 Å². The van der Waals surface area contributed by atoms with Crippen LogP contribution in [0, 0.1) is 0 Å². The Morgan fingerprint density at radius 1 is 1.50 bits per heavy atom. The smallest absolute Gasteiger partial charge is 0.291 e. The van der Waals surface area contributed by atoms with E-state index in [2.05, 4.69) is 10.6 Å². The molecule has 2 amide bonds. The molecule has 7 nitrogen and oxygen atoms in total. The topological polar surface area (TPSA) is 80.2 Å². The molecule has 90 valence electrons. The minimum atomic E-state index is -0.421. The third-order valence-corrected chi connectivity index (χ3v) is 2.02. The summed E-state index contributed by atoms with van der Waals surface area (Å²) in [4.78, 5) is 27.4. The summed E-state index contributed by atoms with van der Waals surface area (Å²) >= 11 is 0. The van der Waals surface area contributed by atoms with E-state index in [0.29, 0.717) is 25.2 Å². The van der Waals surface area contributed by atoms with Gasteiger partial charge >= 0.3 is 0 Å². The third-order valence-electron chi connectivity index (χ3n) is 2.02. The van der Waals surface area contributed by atoms with Gasteiger partial charge in [-0.2, -0.15) is 5.10 Å². The number of rotatable bonds is 5. The van der Waals surface area contributed by atoms with Crippen molar-refractivity contribution in [3.8, 4) is 0 Å². The summed E-state index contributed by atoms with van der Waals surface area (Å²) in [6.07, 6.45) is 0.628. The summed E-state index contributed by atoms with van der Waals surface area (Å²) in [6.45, 7) is 0.662. The number of nitrogens with one attached hydrogen (secondary N) is 1. The second kappa shape index (κ2) is 6.19. The van der Waals surface area contributed by atoms with Gasteiger partial charge in [-0.15, -0.1) is 0 Å². The van der Waals surface area contributed by atoms with Crippen LogP contribution in [0.4, 0.5) is 0 Å². The van der Waals surface area contributed by atoms with Gasteiger partial charge in [0, 0.05) is 27.0 Å². The maximum Gasteiger partial charge on any atom is 0.291 e. The van der Waals surface area contributed by atoms with Crippen LogP contribution in [0.1, 0.15) is 12.8 Å². The van der Waals surface area contributed by atoms with E-state index in [1.54, 1.807) is 0 Å². The molecule has 1 rings (SSSR count). The first-order chi connectivity index (χ1) is 7.65. The molecule has 0 aromatic rings. The van der Waals surface area contributed by atoms with Crippen molar-refractivity contribution in [1.29, 1.82) is 0 Å². The van der Waals surface area contributed by atoms with Crippen LogP contribution in [0.15, 0.2) is 5.10 Å². The Labute approximate surface area is 93.3 Å². The number of nitrogens with zero attached hydrogens (tertiary/aromatic N) is 2. The largest absolute Gasteiger partial charge is 0.382 e. The lowest BCUT2D eigenvalue weighted by Gasteiger charge is -2.18. The van der Waals surface area contributed by atoms with Crippen molar-refractivity contribution in [1.82, 2.24) is 10.5 Å². The van der Waals surface area contributed by atoms with Gasteiger partial charge in [0.1, 0.15) is 5.71 Å². The number of ether oxygens (including phenoxy) is 1. The zero-order valence-corrected chi connectivity index (χ0v) is 9.36. The molecule has 0 saturated heterocycles. The fraction of sp³-hybridized carbons (Fsp3) is 0.667. The van der Waals surface area contributed by atoms with Gasteiger partial charge in [-0.25, -0.2) is 10.5 Å². The first kappa shape index (κ1) is 12.6. The number of hydrazone groups is 1. The van der Waals surface area contributed by atoms with Crippen LogP contribution < -0.4 is 5.48 Å². The number of carbonyl (C=O) groups is 2. The normalized spacial score (nSPS) is 16.0. The van der Waals surface area contributed by atoms with Crippen molar-refractivity contribution in [2.75, 3.05) is 27.4 Å². The monoisotopic (exact) mass is 229 g/mol. The molecule has 0 fully saturated rings. The Bertz CT molecular complexity index is 303. The molecule has 0 radical (unpaired) electrons. The highest BCUT2D eigenvalue weighted by atomic mass is 16.7. The molecular formula is C9H15N3O4. The number of methoxy groups -OCH3 is 1. The summed E-state index contributed by atoms with van der Waals surface area (Å²) < 4.78 is 4.74. The molecule has 0 bridgehead atoms. The van der Waals surface area contributed by atoms with Gasteiger partial charge in [0.25, 0.3) is 5.91 Å². The van der Waals surface area contributed by atoms with Crippen molar-refractivity contribution in [3.63, 3.8) is 0 Å². The highest BCUT2D eigenvalue weighted by molar-refractivity contribution is 6.39. The van der Waals surface area contributed by atoms with Gasteiger partial charge in [-0.05, 0) is 0 Å². The molecule has 0 aromatic carbocycles. The minimum Gasteiger partial charge on any atom is -0.382 e. The average molecular weight is 229 g/mol. The SMILES string of the molecule is COCCONC(=O)C1=NN(C)C(=O)CC1. The summed E-state index contributed by atoms with van der Waals surface area (Å²) in [6, 6.07) is 0. The highest BCUT2D eigenvalue weighted by Crippen LogP contribution is 2.06. The Hall–Kier alpha value is -1.47. The third kappa shape index (κ3) is 3.59. The zero-order valence-electron chi connectivity index (χ0n) is 9.36. The van der Waals surface area contributed by atoms with Gasteiger partial charge in [-0.3, -0.25) is 14.4 Å². The summed E-state index contributed by atoms with van der Waals surface area (Å²) in [5.41, 5.74) is 2.53. The van der Waals surface area contributed by atoms with Gasteiger partial charge in [0.2, 0.25) is 5.91 Å². The molecular weight excluding hydrogens is 214 g/mol. The number of hydrogen-bond donors (Lipinski definition) is 1. The van der Waals surface area contributed by atoms with Crippen molar-refractivity contribution in [3.05, 3.63) is 0 Å². The Kier molecular flexibility index (Phi) is 4.87. The van der Waals surface area contributed by atoms with Crippen LogP contribution in [0.2, 0.25) is 0 Å². The molecule has 16 heavy (non-hydrogen) atoms. The fourth-order valence-corrected chi connectivity index (χ4v) is 1.13. The lowest BCUT2D eigenvalue weighted by atomic mass is 10.1. The quantitative estimate of drug-likeness (QED) is 0.499.